The molecule has 2 aliphatic carbocycles. The van der Waals surface area contributed by atoms with Crippen molar-refractivity contribution >= 4 is 0 Å². The molecule has 0 amide bonds. The Hall–Kier alpha value is -2.43. The number of allylic oxidation sites excluding steroid dienone is 2. The maximum atomic E-state index is 14.2. The molecule has 2 fully saturated rings. The van der Waals surface area contributed by atoms with Gasteiger partial charge in [0.1, 0.15) is 13.3 Å². The molecule has 0 N–H and O–H groups in total. The molecule has 190 valence electrons. The van der Waals surface area contributed by atoms with Gasteiger partial charge in [0.25, 0.3) is 0 Å². The van der Waals surface area contributed by atoms with Crippen molar-refractivity contribution in [2.45, 2.75) is 70.8 Å². The van der Waals surface area contributed by atoms with Gasteiger partial charge < -0.3 is 9.47 Å². The number of hydrogen-bond acceptors (Lipinski definition) is 2. The zero-order chi connectivity index (χ0) is 24.6. The Morgan fingerprint density at radius 2 is 1.34 bits per heavy atom. The summed E-state index contributed by atoms with van der Waals surface area (Å²) < 4.78 is 51.3. The van der Waals surface area contributed by atoms with Crippen LogP contribution in [0.15, 0.2) is 48.6 Å². The fourth-order valence-corrected chi connectivity index (χ4v) is 5.92. The van der Waals surface area contributed by atoms with Crippen molar-refractivity contribution in [3.63, 3.8) is 0 Å². The van der Waals surface area contributed by atoms with Gasteiger partial charge in [0.15, 0.2) is 11.5 Å². The van der Waals surface area contributed by atoms with Gasteiger partial charge in [0, 0.05) is 0 Å². The molecule has 0 aromatic heterocycles. The molecular weight excluding hydrogens is 449 g/mol. The van der Waals surface area contributed by atoms with E-state index in [4.69, 9.17) is 9.47 Å². The standard InChI is InChI=1S/C30H37F3O2/c1-2-34-27-17-18-28(30(33)29(27)32)35-20-22-7-11-24(12-8-22)26-15-13-25(14-16-26)23-9-5-21(6-10-23)4-3-19-31/h3-4,7-8,11-12,17-18,21,23,25-26H,2,5-6,9-10,13-16,19-20H2,1H3. The predicted molar refractivity (Wildman–Crippen MR) is 134 cm³/mol. The number of alkyl halides is 1. The van der Waals surface area contributed by atoms with Crippen molar-refractivity contribution in [2.24, 2.45) is 17.8 Å². The minimum absolute atomic E-state index is 0.102. The van der Waals surface area contributed by atoms with Crippen molar-refractivity contribution in [2.75, 3.05) is 13.3 Å². The number of ether oxygens (including phenoxy) is 2. The van der Waals surface area contributed by atoms with Crippen molar-refractivity contribution in [3.05, 3.63) is 71.3 Å². The number of benzene rings is 2. The summed E-state index contributed by atoms with van der Waals surface area (Å²) in [5, 5.41) is 0. The summed E-state index contributed by atoms with van der Waals surface area (Å²) in [5.74, 6) is 0.572. The van der Waals surface area contributed by atoms with E-state index in [0.717, 1.165) is 17.4 Å². The second-order valence-corrected chi connectivity index (χ2v) is 10.0. The van der Waals surface area contributed by atoms with E-state index >= 15 is 0 Å². The fraction of sp³-hybridized carbons (Fsp3) is 0.533. The molecular formula is C30H37F3O2. The zero-order valence-corrected chi connectivity index (χ0v) is 20.7. The van der Waals surface area contributed by atoms with Crippen LogP contribution in [0.2, 0.25) is 0 Å². The monoisotopic (exact) mass is 486 g/mol. The SMILES string of the molecule is CCOc1ccc(OCc2ccc(C3CCC(C4CCC(C=CCF)CC4)CC3)cc2)c(F)c1F. The number of hydrogen-bond donors (Lipinski definition) is 0. The lowest BCUT2D eigenvalue weighted by atomic mass is 9.68. The summed E-state index contributed by atoms with van der Waals surface area (Å²) in [4.78, 5) is 0. The predicted octanol–water partition coefficient (Wildman–Crippen LogP) is 8.55. The minimum Gasteiger partial charge on any atom is -0.491 e. The van der Waals surface area contributed by atoms with Crippen LogP contribution < -0.4 is 9.47 Å². The van der Waals surface area contributed by atoms with Crippen molar-refractivity contribution in [3.8, 4) is 11.5 Å². The third-order valence-electron chi connectivity index (χ3n) is 7.91. The molecule has 2 aromatic rings. The van der Waals surface area contributed by atoms with Crippen molar-refractivity contribution in [1.82, 2.24) is 0 Å². The van der Waals surface area contributed by atoms with Gasteiger partial charge >= 0.3 is 0 Å². The summed E-state index contributed by atoms with van der Waals surface area (Å²) in [5.41, 5.74) is 2.28. The van der Waals surface area contributed by atoms with E-state index in [9.17, 15) is 13.2 Å². The summed E-state index contributed by atoms with van der Waals surface area (Å²) in [6, 6.07) is 11.2. The summed E-state index contributed by atoms with van der Waals surface area (Å²) in [6.45, 7) is 1.82. The first kappa shape index (κ1) is 25.7. The van der Waals surface area contributed by atoms with E-state index in [2.05, 4.69) is 18.2 Å². The molecule has 4 rings (SSSR count). The van der Waals surface area contributed by atoms with Gasteiger partial charge in [-0.2, -0.15) is 8.78 Å². The zero-order valence-electron chi connectivity index (χ0n) is 20.7. The van der Waals surface area contributed by atoms with Crippen LogP contribution in [-0.2, 0) is 6.61 Å². The van der Waals surface area contributed by atoms with Gasteiger partial charge in [-0.25, -0.2) is 4.39 Å². The average Bonchev–Trinajstić information content (AvgIpc) is 2.90. The number of rotatable bonds is 9. The first-order valence-electron chi connectivity index (χ1n) is 13.1. The lowest BCUT2D eigenvalue weighted by Crippen LogP contribution is -2.25. The Morgan fingerprint density at radius 3 is 1.91 bits per heavy atom. The average molecular weight is 487 g/mol. The van der Waals surface area contributed by atoms with Gasteiger partial charge in [-0.3, -0.25) is 0 Å². The van der Waals surface area contributed by atoms with Gasteiger partial charge in [0.2, 0.25) is 11.6 Å². The normalized spacial score (nSPS) is 25.0. The first-order valence-corrected chi connectivity index (χ1v) is 13.1. The van der Waals surface area contributed by atoms with Crippen LogP contribution >= 0.6 is 0 Å². The van der Waals surface area contributed by atoms with Crippen LogP contribution in [0.5, 0.6) is 11.5 Å². The summed E-state index contributed by atoms with van der Waals surface area (Å²) >= 11 is 0. The van der Waals surface area contributed by atoms with Crippen LogP contribution in [0, 0.1) is 29.4 Å². The molecule has 0 saturated heterocycles. The third kappa shape index (κ3) is 6.62. The van der Waals surface area contributed by atoms with Gasteiger partial charge in [-0.05, 0) is 105 Å². The van der Waals surface area contributed by atoms with Crippen LogP contribution in [0.1, 0.15) is 75.3 Å². The molecule has 0 unspecified atom stereocenters. The first-order chi connectivity index (χ1) is 17.1. The topological polar surface area (TPSA) is 18.5 Å². The fourth-order valence-electron chi connectivity index (χ4n) is 5.92. The second kappa shape index (κ2) is 12.5. The Balaban J connectivity index is 1.24. The largest absolute Gasteiger partial charge is 0.491 e. The molecule has 35 heavy (non-hydrogen) atoms. The highest BCUT2D eigenvalue weighted by atomic mass is 19.2. The van der Waals surface area contributed by atoms with Crippen LogP contribution in [-0.4, -0.2) is 13.3 Å². The Bertz CT molecular complexity index is 956. The molecule has 0 atom stereocenters. The number of halogens is 3. The maximum absolute atomic E-state index is 14.2. The van der Waals surface area contributed by atoms with Gasteiger partial charge in [-0.1, -0.05) is 36.4 Å². The van der Waals surface area contributed by atoms with Crippen molar-refractivity contribution in [1.29, 1.82) is 0 Å². The maximum Gasteiger partial charge on any atom is 0.204 e. The molecule has 0 radical (unpaired) electrons. The van der Waals surface area contributed by atoms with Crippen molar-refractivity contribution < 1.29 is 22.6 Å². The lowest BCUT2D eigenvalue weighted by Gasteiger charge is -2.37. The van der Waals surface area contributed by atoms with E-state index in [1.807, 2.05) is 12.1 Å². The van der Waals surface area contributed by atoms with Crippen LogP contribution in [0.25, 0.3) is 0 Å². The summed E-state index contributed by atoms with van der Waals surface area (Å²) in [7, 11) is 0. The highest BCUT2D eigenvalue weighted by molar-refractivity contribution is 5.35. The van der Waals surface area contributed by atoms with E-state index in [0.29, 0.717) is 11.8 Å². The molecule has 0 heterocycles. The molecule has 0 spiro atoms. The molecule has 2 aromatic carbocycles. The van der Waals surface area contributed by atoms with Crippen LogP contribution in [0.3, 0.4) is 0 Å². The quantitative estimate of drug-likeness (QED) is 0.331. The molecule has 2 saturated carbocycles. The van der Waals surface area contributed by atoms with Gasteiger partial charge in [0.05, 0.1) is 6.61 Å². The smallest absolute Gasteiger partial charge is 0.204 e. The van der Waals surface area contributed by atoms with Crippen LogP contribution in [0.4, 0.5) is 13.2 Å². The molecule has 5 heteroatoms. The highest BCUT2D eigenvalue weighted by Crippen LogP contribution is 2.44. The molecule has 2 aliphatic rings. The van der Waals surface area contributed by atoms with E-state index < -0.39 is 11.6 Å². The highest BCUT2D eigenvalue weighted by Gasteiger charge is 2.30. The second-order valence-electron chi connectivity index (χ2n) is 10.0. The summed E-state index contributed by atoms with van der Waals surface area (Å²) in [6.07, 6.45) is 13.7. The third-order valence-corrected chi connectivity index (χ3v) is 7.91. The molecule has 0 aliphatic heterocycles. The Kier molecular flexibility index (Phi) is 9.17. The van der Waals surface area contributed by atoms with Gasteiger partial charge in [-0.15, -0.1) is 0 Å². The van der Waals surface area contributed by atoms with E-state index in [1.54, 1.807) is 13.0 Å². The minimum atomic E-state index is -1.02. The van der Waals surface area contributed by atoms with E-state index in [1.165, 1.54) is 69.1 Å². The van der Waals surface area contributed by atoms with E-state index in [-0.39, 0.29) is 31.4 Å². The molecule has 2 nitrogen and oxygen atoms in total. The Morgan fingerprint density at radius 1 is 0.771 bits per heavy atom. The lowest BCUT2D eigenvalue weighted by molar-refractivity contribution is 0.171. The molecule has 0 bridgehead atoms. The Labute approximate surface area is 207 Å².